The maximum Gasteiger partial charge on any atom is 0.343 e. The van der Waals surface area contributed by atoms with Gasteiger partial charge in [0.2, 0.25) is 5.91 Å². The van der Waals surface area contributed by atoms with Crippen LogP contribution >= 0.6 is 0 Å². The number of ether oxygens (including phenoxy) is 3. The van der Waals surface area contributed by atoms with E-state index >= 15 is 0 Å². The Labute approximate surface area is 234 Å². The quantitative estimate of drug-likeness (QED) is 0.0610. The van der Waals surface area contributed by atoms with Crippen LogP contribution in [0.15, 0.2) is 47.6 Å². The zero-order valence-electron chi connectivity index (χ0n) is 24.0. The molecule has 0 fully saturated rings. The zero-order chi connectivity index (χ0) is 28.1. The normalized spacial score (nSPS) is 10.9. The van der Waals surface area contributed by atoms with E-state index in [0.717, 1.165) is 12.8 Å². The van der Waals surface area contributed by atoms with E-state index in [1.807, 2.05) is 13.8 Å². The summed E-state index contributed by atoms with van der Waals surface area (Å²) in [5.74, 6) is 0.850. The van der Waals surface area contributed by atoms with Gasteiger partial charge in [-0.1, -0.05) is 71.1 Å². The maximum atomic E-state index is 12.6. The number of nitrogens with zero attached hydrogens (tertiary/aromatic N) is 1. The Kier molecular flexibility index (Phi) is 16.1. The number of amides is 1. The van der Waals surface area contributed by atoms with Gasteiger partial charge in [-0.15, -0.1) is 0 Å². The summed E-state index contributed by atoms with van der Waals surface area (Å²) in [5, 5.41) is 4.07. The van der Waals surface area contributed by atoms with Gasteiger partial charge in [0.15, 0.2) is 11.5 Å². The number of hydrazone groups is 1. The number of carbonyl (C=O) groups excluding carboxylic acids is 2. The number of hydrogen-bond donors (Lipinski definition) is 1. The van der Waals surface area contributed by atoms with Crippen molar-refractivity contribution in [2.45, 2.75) is 97.8 Å². The van der Waals surface area contributed by atoms with Gasteiger partial charge in [-0.2, -0.15) is 5.10 Å². The van der Waals surface area contributed by atoms with Gasteiger partial charge < -0.3 is 14.2 Å². The molecule has 0 atom stereocenters. The lowest BCUT2D eigenvalue weighted by Gasteiger charge is -2.11. The van der Waals surface area contributed by atoms with Crippen LogP contribution in [0.3, 0.4) is 0 Å². The molecule has 0 unspecified atom stereocenters. The molecule has 2 aromatic carbocycles. The van der Waals surface area contributed by atoms with Gasteiger partial charge in [-0.3, -0.25) is 4.79 Å². The van der Waals surface area contributed by atoms with Crippen LogP contribution in [0.25, 0.3) is 0 Å². The number of carbonyl (C=O) groups is 2. The molecule has 2 aromatic rings. The Bertz CT molecular complexity index is 1000. The number of benzene rings is 2. The molecule has 2 rings (SSSR count). The van der Waals surface area contributed by atoms with E-state index in [-0.39, 0.29) is 5.91 Å². The van der Waals surface area contributed by atoms with Gasteiger partial charge in [0, 0.05) is 6.42 Å². The van der Waals surface area contributed by atoms with Crippen LogP contribution in [0.4, 0.5) is 0 Å². The zero-order valence-corrected chi connectivity index (χ0v) is 24.0. The molecule has 1 amide bonds. The third-order valence-electron chi connectivity index (χ3n) is 6.28. The van der Waals surface area contributed by atoms with E-state index in [9.17, 15) is 9.59 Å². The summed E-state index contributed by atoms with van der Waals surface area (Å²) in [7, 11) is 0. The Morgan fingerprint density at radius 1 is 0.744 bits per heavy atom. The fourth-order valence-corrected chi connectivity index (χ4v) is 4.15. The van der Waals surface area contributed by atoms with Crippen molar-refractivity contribution in [3.05, 3.63) is 53.6 Å². The highest BCUT2D eigenvalue weighted by atomic mass is 16.6. The van der Waals surface area contributed by atoms with Crippen molar-refractivity contribution in [1.82, 2.24) is 5.43 Å². The molecule has 0 spiro atoms. The first-order valence-corrected chi connectivity index (χ1v) is 14.6. The van der Waals surface area contributed by atoms with E-state index < -0.39 is 5.97 Å². The van der Waals surface area contributed by atoms with E-state index in [4.69, 9.17) is 14.2 Å². The smallest absolute Gasteiger partial charge is 0.343 e. The summed E-state index contributed by atoms with van der Waals surface area (Å²) >= 11 is 0. The molecule has 39 heavy (non-hydrogen) atoms. The average molecular weight is 539 g/mol. The molecule has 0 aliphatic rings. The molecular weight excluding hydrogens is 492 g/mol. The Morgan fingerprint density at radius 3 is 1.97 bits per heavy atom. The predicted molar refractivity (Wildman–Crippen MR) is 157 cm³/mol. The fraction of sp³-hybridized carbons (Fsp3) is 0.531. The molecule has 214 valence electrons. The van der Waals surface area contributed by atoms with Crippen molar-refractivity contribution in [3.8, 4) is 17.2 Å². The fourth-order valence-electron chi connectivity index (χ4n) is 4.15. The number of nitrogens with one attached hydrogen (secondary N) is 1. The molecule has 0 saturated carbocycles. The molecule has 0 aliphatic heterocycles. The highest BCUT2D eigenvalue weighted by Gasteiger charge is 2.13. The summed E-state index contributed by atoms with van der Waals surface area (Å²) in [6.45, 7) is 6.97. The van der Waals surface area contributed by atoms with Gasteiger partial charge in [0.1, 0.15) is 5.75 Å². The lowest BCUT2D eigenvalue weighted by molar-refractivity contribution is -0.121. The highest BCUT2D eigenvalue weighted by molar-refractivity contribution is 5.91. The Morgan fingerprint density at radius 2 is 1.36 bits per heavy atom. The lowest BCUT2D eigenvalue weighted by Crippen LogP contribution is -2.16. The van der Waals surface area contributed by atoms with Gasteiger partial charge >= 0.3 is 5.97 Å². The minimum absolute atomic E-state index is 0.0897. The number of rotatable bonds is 20. The second kappa shape index (κ2) is 19.7. The van der Waals surface area contributed by atoms with E-state index in [1.54, 1.807) is 48.7 Å². The molecule has 0 aromatic heterocycles. The summed E-state index contributed by atoms with van der Waals surface area (Å²) in [6, 6.07) is 11.9. The summed E-state index contributed by atoms with van der Waals surface area (Å²) in [6.07, 6.45) is 15.8. The second-order valence-corrected chi connectivity index (χ2v) is 9.56. The molecular formula is C32H46N2O5. The SMILES string of the molecule is CCCCCCCCCCCCCC(=O)NN=Cc1ccc(OC(=O)c2ccc(OCC)cc2)c(OCC)c1. The van der Waals surface area contributed by atoms with E-state index in [0.29, 0.717) is 48.0 Å². The van der Waals surface area contributed by atoms with Gasteiger partial charge in [0.25, 0.3) is 0 Å². The van der Waals surface area contributed by atoms with E-state index in [2.05, 4.69) is 17.5 Å². The number of esters is 1. The van der Waals surface area contributed by atoms with E-state index in [1.165, 1.54) is 57.8 Å². The van der Waals surface area contributed by atoms with Gasteiger partial charge in [0.05, 0.1) is 25.0 Å². The topological polar surface area (TPSA) is 86.2 Å². The monoisotopic (exact) mass is 538 g/mol. The third kappa shape index (κ3) is 13.3. The largest absolute Gasteiger partial charge is 0.494 e. The Hall–Kier alpha value is -3.35. The van der Waals surface area contributed by atoms with Crippen molar-refractivity contribution in [3.63, 3.8) is 0 Å². The lowest BCUT2D eigenvalue weighted by atomic mass is 10.1. The first-order chi connectivity index (χ1) is 19.1. The van der Waals surface area contributed by atoms with Crippen molar-refractivity contribution in [2.75, 3.05) is 13.2 Å². The summed E-state index contributed by atoms with van der Waals surface area (Å²) in [4.78, 5) is 24.7. The summed E-state index contributed by atoms with van der Waals surface area (Å²) < 4.78 is 16.6. The molecule has 0 saturated heterocycles. The van der Waals surface area contributed by atoms with Crippen LogP contribution in [-0.2, 0) is 4.79 Å². The maximum absolute atomic E-state index is 12.6. The molecule has 0 aliphatic carbocycles. The second-order valence-electron chi connectivity index (χ2n) is 9.56. The Balaban J connectivity index is 1.73. The highest BCUT2D eigenvalue weighted by Crippen LogP contribution is 2.29. The van der Waals surface area contributed by atoms with Crippen LogP contribution in [-0.4, -0.2) is 31.3 Å². The van der Waals surface area contributed by atoms with Crippen LogP contribution in [0, 0.1) is 0 Å². The molecule has 1 N–H and O–H groups in total. The first-order valence-electron chi connectivity index (χ1n) is 14.6. The van der Waals surface area contributed by atoms with Crippen molar-refractivity contribution in [1.29, 1.82) is 0 Å². The summed E-state index contributed by atoms with van der Waals surface area (Å²) in [5.41, 5.74) is 3.72. The standard InChI is InChI=1S/C32H46N2O5/c1-4-7-8-9-10-11-12-13-14-15-16-17-31(35)34-33-25-26-18-23-29(30(24-26)38-6-3)39-32(36)27-19-21-28(22-20-27)37-5-2/h18-25H,4-17H2,1-3H3,(H,34,35). The minimum atomic E-state index is -0.491. The van der Waals surface area contributed by atoms with Gasteiger partial charge in [-0.05, 0) is 68.3 Å². The first kappa shape index (κ1) is 31.9. The molecule has 7 heteroatoms. The van der Waals surface area contributed by atoms with Crippen LogP contribution in [0.2, 0.25) is 0 Å². The van der Waals surface area contributed by atoms with Crippen LogP contribution in [0.1, 0.15) is 114 Å². The van der Waals surface area contributed by atoms with Gasteiger partial charge in [-0.25, -0.2) is 10.2 Å². The number of unbranched alkanes of at least 4 members (excludes halogenated alkanes) is 10. The molecule has 0 heterocycles. The predicted octanol–water partition coefficient (Wildman–Crippen LogP) is 7.85. The van der Waals surface area contributed by atoms with Crippen molar-refractivity contribution >= 4 is 18.1 Å². The molecule has 0 radical (unpaired) electrons. The minimum Gasteiger partial charge on any atom is -0.494 e. The molecule has 7 nitrogen and oxygen atoms in total. The average Bonchev–Trinajstić information content (AvgIpc) is 2.93. The van der Waals surface area contributed by atoms with Crippen LogP contribution in [0.5, 0.6) is 17.2 Å². The van der Waals surface area contributed by atoms with Crippen LogP contribution < -0.4 is 19.6 Å². The van der Waals surface area contributed by atoms with Crippen molar-refractivity contribution < 1.29 is 23.8 Å². The molecule has 0 bridgehead atoms. The van der Waals surface area contributed by atoms with Crippen molar-refractivity contribution in [2.24, 2.45) is 5.10 Å². The third-order valence-corrected chi connectivity index (χ3v) is 6.28. The number of hydrogen-bond acceptors (Lipinski definition) is 6.